The van der Waals surface area contributed by atoms with Crippen LogP contribution in [0.3, 0.4) is 0 Å². The van der Waals surface area contributed by atoms with Gasteiger partial charge < -0.3 is 4.90 Å². The highest BCUT2D eigenvalue weighted by atomic mass is 19.4. The number of alkyl halides is 3. The summed E-state index contributed by atoms with van der Waals surface area (Å²) in [6.07, 6.45) is -3.15. The highest BCUT2D eigenvalue weighted by Crippen LogP contribution is 2.37. The SMILES string of the molecule is CN(C)c1ncnc2cccc(C(F)(F)F)c12. The summed E-state index contributed by atoms with van der Waals surface area (Å²) >= 11 is 0. The second-order valence-electron chi connectivity index (χ2n) is 3.79. The van der Waals surface area contributed by atoms with Crippen molar-refractivity contribution in [3.05, 3.63) is 30.1 Å². The Morgan fingerprint density at radius 1 is 1.12 bits per heavy atom. The molecule has 2 rings (SSSR count). The fourth-order valence-corrected chi connectivity index (χ4v) is 1.67. The molecule has 1 aromatic carbocycles. The molecule has 1 heterocycles. The molecule has 0 atom stereocenters. The molecule has 0 aliphatic heterocycles. The van der Waals surface area contributed by atoms with Gasteiger partial charge >= 0.3 is 6.18 Å². The van der Waals surface area contributed by atoms with E-state index in [0.29, 0.717) is 5.52 Å². The lowest BCUT2D eigenvalue weighted by molar-refractivity contribution is -0.136. The van der Waals surface area contributed by atoms with Gasteiger partial charge in [0.15, 0.2) is 0 Å². The first kappa shape index (κ1) is 11.6. The molecule has 3 nitrogen and oxygen atoms in total. The zero-order valence-electron chi connectivity index (χ0n) is 9.28. The summed E-state index contributed by atoms with van der Waals surface area (Å²) in [5, 5.41) is 0.0347. The molecule has 17 heavy (non-hydrogen) atoms. The fourth-order valence-electron chi connectivity index (χ4n) is 1.67. The first-order valence-corrected chi connectivity index (χ1v) is 4.89. The number of hydrogen-bond acceptors (Lipinski definition) is 3. The molecular weight excluding hydrogens is 231 g/mol. The van der Waals surface area contributed by atoms with Gasteiger partial charge in [-0.1, -0.05) is 6.07 Å². The summed E-state index contributed by atoms with van der Waals surface area (Å²) in [6.45, 7) is 0. The number of halogens is 3. The van der Waals surface area contributed by atoms with Crippen LogP contribution < -0.4 is 4.90 Å². The van der Waals surface area contributed by atoms with Gasteiger partial charge in [-0.2, -0.15) is 13.2 Å². The van der Waals surface area contributed by atoms with E-state index in [1.54, 1.807) is 25.1 Å². The van der Waals surface area contributed by atoms with E-state index < -0.39 is 11.7 Å². The van der Waals surface area contributed by atoms with Crippen LogP contribution in [0, 0.1) is 0 Å². The van der Waals surface area contributed by atoms with E-state index in [-0.39, 0.29) is 11.2 Å². The van der Waals surface area contributed by atoms with Gasteiger partial charge in [-0.3, -0.25) is 0 Å². The normalized spacial score (nSPS) is 11.8. The van der Waals surface area contributed by atoms with Crippen LogP contribution in [0.25, 0.3) is 10.9 Å². The number of aromatic nitrogens is 2. The van der Waals surface area contributed by atoms with E-state index in [0.717, 1.165) is 6.07 Å². The van der Waals surface area contributed by atoms with Gasteiger partial charge in [-0.15, -0.1) is 0 Å². The maximum Gasteiger partial charge on any atom is 0.417 e. The smallest absolute Gasteiger partial charge is 0.362 e. The number of rotatable bonds is 1. The van der Waals surface area contributed by atoms with E-state index in [4.69, 9.17) is 0 Å². The topological polar surface area (TPSA) is 29.0 Å². The maximum absolute atomic E-state index is 12.9. The Morgan fingerprint density at radius 3 is 2.41 bits per heavy atom. The Bertz CT molecular complexity index is 544. The van der Waals surface area contributed by atoms with E-state index in [1.165, 1.54) is 12.4 Å². The number of nitrogens with zero attached hydrogens (tertiary/aromatic N) is 3. The van der Waals surface area contributed by atoms with Gasteiger partial charge in [0.2, 0.25) is 0 Å². The van der Waals surface area contributed by atoms with E-state index >= 15 is 0 Å². The van der Waals surface area contributed by atoms with Crippen molar-refractivity contribution in [1.82, 2.24) is 9.97 Å². The largest absolute Gasteiger partial charge is 0.417 e. The van der Waals surface area contributed by atoms with Crippen LogP contribution in [-0.4, -0.2) is 24.1 Å². The first-order chi connectivity index (χ1) is 7.91. The van der Waals surface area contributed by atoms with E-state index in [2.05, 4.69) is 9.97 Å². The molecule has 2 aromatic rings. The highest BCUT2D eigenvalue weighted by Gasteiger charge is 2.34. The zero-order chi connectivity index (χ0) is 12.6. The van der Waals surface area contributed by atoms with Crippen LogP contribution in [0.1, 0.15) is 5.56 Å². The van der Waals surface area contributed by atoms with E-state index in [1.807, 2.05) is 0 Å². The minimum Gasteiger partial charge on any atom is -0.362 e. The number of benzene rings is 1. The number of fused-ring (bicyclic) bond motifs is 1. The summed E-state index contributed by atoms with van der Waals surface area (Å²) < 4.78 is 38.7. The van der Waals surface area contributed by atoms with Crippen molar-refractivity contribution >= 4 is 16.7 Å². The van der Waals surface area contributed by atoms with Gasteiger partial charge in [0.1, 0.15) is 12.1 Å². The average molecular weight is 241 g/mol. The summed E-state index contributed by atoms with van der Waals surface area (Å²) in [5.74, 6) is 0.267. The summed E-state index contributed by atoms with van der Waals surface area (Å²) in [6, 6.07) is 3.93. The van der Waals surface area contributed by atoms with Crippen molar-refractivity contribution in [3.63, 3.8) is 0 Å². The summed E-state index contributed by atoms with van der Waals surface area (Å²) in [4.78, 5) is 9.30. The van der Waals surface area contributed by atoms with Crippen molar-refractivity contribution in [2.45, 2.75) is 6.18 Å². The minimum absolute atomic E-state index is 0.0347. The molecule has 6 heteroatoms. The molecule has 0 N–H and O–H groups in total. The highest BCUT2D eigenvalue weighted by molar-refractivity contribution is 5.92. The molecule has 0 saturated heterocycles. The molecule has 0 aliphatic rings. The summed E-state index contributed by atoms with van der Waals surface area (Å²) in [5.41, 5.74) is -0.419. The number of hydrogen-bond donors (Lipinski definition) is 0. The number of anilines is 1. The molecule has 0 bridgehead atoms. The Balaban J connectivity index is 2.86. The molecule has 0 unspecified atom stereocenters. The lowest BCUT2D eigenvalue weighted by Gasteiger charge is -2.17. The molecule has 0 saturated carbocycles. The predicted molar refractivity (Wildman–Crippen MR) is 58.9 cm³/mol. The lowest BCUT2D eigenvalue weighted by atomic mass is 10.1. The van der Waals surface area contributed by atoms with Gasteiger partial charge in [0.05, 0.1) is 16.5 Å². The zero-order valence-corrected chi connectivity index (χ0v) is 9.28. The van der Waals surface area contributed by atoms with Gasteiger partial charge in [-0.25, -0.2) is 9.97 Å². The van der Waals surface area contributed by atoms with Gasteiger partial charge in [-0.05, 0) is 12.1 Å². The van der Waals surface area contributed by atoms with Crippen LogP contribution in [0.4, 0.5) is 19.0 Å². The second kappa shape index (κ2) is 3.87. The van der Waals surface area contributed by atoms with Crippen molar-refractivity contribution in [3.8, 4) is 0 Å². The van der Waals surface area contributed by atoms with Gasteiger partial charge in [0, 0.05) is 14.1 Å². The molecule has 0 amide bonds. The molecule has 0 radical (unpaired) electrons. The molecule has 90 valence electrons. The van der Waals surface area contributed by atoms with Crippen molar-refractivity contribution in [1.29, 1.82) is 0 Å². The fraction of sp³-hybridized carbons (Fsp3) is 0.273. The Morgan fingerprint density at radius 2 is 1.82 bits per heavy atom. The van der Waals surface area contributed by atoms with Crippen molar-refractivity contribution in [2.24, 2.45) is 0 Å². The van der Waals surface area contributed by atoms with Crippen LogP contribution >= 0.6 is 0 Å². The first-order valence-electron chi connectivity index (χ1n) is 4.89. The third-order valence-corrected chi connectivity index (χ3v) is 2.37. The van der Waals surface area contributed by atoms with Crippen molar-refractivity contribution < 1.29 is 13.2 Å². The van der Waals surface area contributed by atoms with Crippen LogP contribution in [0.2, 0.25) is 0 Å². The second-order valence-corrected chi connectivity index (χ2v) is 3.79. The molecule has 0 fully saturated rings. The molecule has 0 aliphatic carbocycles. The standard InChI is InChI=1S/C11H10F3N3/c1-17(2)10-9-7(11(12,13)14)4-3-5-8(9)15-6-16-10/h3-6H,1-2H3. The van der Waals surface area contributed by atoms with Crippen LogP contribution in [0.15, 0.2) is 24.5 Å². The van der Waals surface area contributed by atoms with Crippen molar-refractivity contribution in [2.75, 3.05) is 19.0 Å². The molecular formula is C11H10F3N3. The third-order valence-electron chi connectivity index (χ3n) is 2.37. The lowest BCUT2D eigenvalue weighted by Crippen LogP contribution is -2.14. The minimum atomic E-state index is -4.41. The van der Waals surface area contributed by atoms with Crippen LogP contribution in [0.5, 0.6) is 0 Å². The quantitative estimate of drug-likeness (QED) is 0.768. The third kappa shape index (κ3) is 2.02. The Hall–Kier alpha value is -1.85. The maximum atomic E-state index is 12.9. The molecule has 1 aromatic heterocycles. The summed E-state index contributed by atoms with van der Waals surface area (Å²) in [7, 11) is 3.30. The van der Waals surface area contributed by atoms with Crippen LogP contribution in [-0.2, 0) is 6.18 Å². The Labute approximate surface area is 95.9 Å². The van der Waals surface area contributed by atoms with Gasteiger partial charge in [0.25, 0.3) is 0 Å². The monoisotopic (exact) mass is 241 g/mol. The van der Waals surface area contributed by atoms with E-state index in [9.17, 15) is 13.2 Å². The predicted octanol–water partition coefficient (Wildman–Crippen LogP) is 2.71. The molecule has 0 spiro atoms. The average Bonchev–Trinajstić information content (AvgIpc) is 2.26. The Kier molecular flexibility index (Phi) is 2.65.